The van der Waals surface area contributed by atoms with Gasteiger partial charge in [0.1, 0.15) is 12.6 Å². The summed E-state index contributed by atoms with van der Waals surface area (Å²) in [5.41, 5.74) is 0.329. The van der Waals surface area contributed by atoms with Crippen molar-refractivity contribution in [1.29, 1.82) is 0 Å². The number of halogens is 5. The Bertz CT molecular complexity index is 827. The second kappa shape index (κ2) is 7.41. The molecule has 6 nitrogen and oxygen atoms in total. The first kappa shape index (κ1) is 18.9. The number of pyridine rings is 1. The van der Waals surface area contributed by atoms with Crippen molar-refractivity contribution in [3.8, 4) is 11.4 Å². The molecule has 2 aromatic heterocycles. The number of alkyl halides is 3. The normalized spacial score (nSPS) is 17.2. The molecule has 27 heavy (non-hydrogen) atoms. The van der Waals surface area contributed by atoms with Gasteiger partial charge in [-0.25, -0.2) is 19.3 Å². The van der Waals surface area contributed by atoms with E-state index in [1.54, 1.807) is 0 Å². The highest BCUT2D eigenvalue weighted by atomic mass is 19.4. The van der Waals surface area contributed by atoms with E-state index in [0.717, 1.165) is 12.3 Å². The Labute approximate surface area is 150 Å². The lowest BCUT2D eigenvalue weighted by molar-refractivity contribution is -0.139. The first-order valence-corrected chi connectivity index (χ1v) is 8.00. The molecule has 0 radical (unpaired) electrons. The topological polar surface area (TPSA) is 71.0 Å². The second-order valence-corrected chi connectivity index (χ2v) is 5.92. The van der Waals surface area contributed by atoms with Crippen molar-refractivity contribution in [3.05, 3.63) is 36.3 Å². The van der Waals surface area contributed by atoms with Crippen LogP contribution in [0.5, 0.6) is 0 Å². The molecule has 1 atom stereocenters. The Kier molecular flexibility index (Phi) is 5.19. The van der Waals surface area contributed by atoms with Crippen LogP contribution in [-0.2, 0) is 4.79 Å². The van der Waals surface area contributed by atoms with Gasteiger partial charge in [0.15, 0.2) is 17.5 Å². The van der Waals surface area contributed by atoms with Crippen LogP contribution < -0.4 is 10.2 Å². The van der Waals surface area contributed by atoms with E-state index in [1.165, 1.54) is 17.2 Å². The van der Waals surface area contributed by atoms with Crippen LogP contribution >= 0.6 is 0 Å². The van der Waals surface area contributed by atoms with Gasteiger partial charge in [0, 0.05) is 18.3 Å². The Balaban J connectivity index is 1.84. The molecule has 1 aliphatic heterocycles. The number of hydrogen-bond acceptors (Lipinski definition) is 5. The fourth-order valence-corrected chi connectivity index (χ4v) is 2.80. The molecular formula is C16H14F5N5O. The van der Waals surface area contributed by atoms with E-state index in [-0.39, 0.29) is 24.6 Å². The molecule has 1 N–H and O–H groups in total. The molecule has 0 aliphatic carbocycles. The number of nitrogens with one attached hydrogen (secondary N) is 1. The third kappa shape index (κ3) is 4.47. The summed E-state index contributed by atoms with van der Waals surface area (Å²) in [5.74, 6) is -2.52. The third-order valence-electron chi connectivity index (χ3n) is 4.00. The van der Waals surface area contributed by atoms with Crippen molar-refractivity contribution in [3.63, 3.8) is 0 Å². The van der Waals surface area contributed by atoms with Crippen LogP contribution in [0.3, 0.4) is 0 Å². The zero-order chi connectivity index (χ0) is 19.6. The van der Waals surface area contributed by atoms with Gasteiger partial charge in [-0.05, 0) is 25.0 Å². The molecule has 144 valence electrons. The number of rotatable bonds is 4. The highest BCUT2D eigenvalue weighted by Gasteiger charge is 2.36. The molecule has 0 spiro atoms. The highest BCUT2D eigenvalue weighted by Crippen LogP contribution is 2.28. The molecule has 1 aliphatic rings. The number of anilines is 1. The number of amides is 1. The fourth-order valence-electron chi connectivity index (χ4n) is 2.80. The zero-order valence-corrected chi connectivity index (χ0v) is 13.8. The van der Waals surface area contributed by atoms with Crippen molar-refractivity contribution in [2.24, 2.45) is 0 Å². The molecule has 1 saturated heterocycles. The average molecular weight is 387 g/mol. The molecule has 3 heterocycles. The molecule has 0 unspecified atom stereocenters. The SMILES string of the molecule is O=C(NCC(F)(F)F)[C@H]1CCCN1c1nc(-c2ccc(F)nc2)ncc1F. The lowest BCUT2D eigenvalue weighted by atomic mass is 10.2. The van der Waals surface area contributed by atoms with Crippen molar-refractivity contribution < 1.29 is 26.7 Å². The van der Waals surface area contributed by atoms with Gasteiger partial charge in [0.2, 0.25) is 11.9 Å². The maximum atomic E-state index is 14.3. The first-order chi connectivity index (χ1) is 12.7. The zero-order valence-electron chi connectivity index (χ0n) is 13.8. The number of aromatic nitrogens is 3. The Hall–Kier alpha value is -2.85. The van der Waals surface area contributed by atoms with E-state index in [9.17, 15) is 26.7 Å². The van der Waals surface area contributed by atoms with Gasteiger partial charge in [-0.1, -0.05) is 0 Å². The van der Waals surface area contributed by atoms with Crippen molar-refractivity contribution in [2.45, 2.75) is 25.1 Å². The molecule has 0 bridgehead atoms. The third-order valence-corrected chi connectivity index (χ3v) is 4.00. The van der Waals surface area contributed by atoms with Gasteiger partial charge in [-0.2, -0.15) is 17.6 Å². The lowest BCUT2D eigenvalue weighted by Gasteiger charge is -2.25. The van der Waals surface area contributed by atoms with Gasteiger partial charge in [0.05, 0.1) is 6.20 Å². The molecule has 1 amide bonds. The molecule has 11 heteroatoms. The van der Waals surface area contributed by atoms with Crippen LogP contribution in [0.4, 0.5) is 27.8 Å². The number of carbonyl (C=O) groups excluding carboxylic acids is 1. The summed E-state index contributed by atoms with van der Waals surface area (Å²) in [4.78, 5) is 24.8. The summed E-state index contributed by atoms with van der Waals surface area (Å²) in [6.45, 7) is -1.21. The molecular weight excluding hydrogens is 373 g/mol. The van der Waals surface area contributed by atoms with E-state index in [2.05, 4.69) is 15.0 Å². The van der Waals surface area contributed by atoms with Crippen LogP contribution in [0, 0.1) is 11.8 Å². The Morgan fingerprint density at radius 1 is 1.22 bits per heavy atom. The van der Waals surface area contributed by atoms with E-state index >= 15 is 0 Å². The predicted octanol–water partition coefficient (Wildman–Crippen LogP) is 2.46. The molecule has 0 saturated carbocycles. The Morgan fingerprint density at radius 3 is 2.67 bits per heavy atom. The van der Waals surface area contributed by atoms with Crippen LogP contribution in [0.15, 0.2) is 24.5 Å². The molecule has 0 aromatic carbocycles. The van der Waals surface area contributed by atoms with Crippen LogP contribution in [0.25, 0.3) is 11.4 Å². The average Bonchev–Trinajstić information content (AvgIpc) is 3.10. The minimum atomic E-state index is -4.54. The molecule has 3 rings (SSSR count). The van der Waals surface area contributed by atoms with Crippen molar-refractivity contribution in [1.82, 2.24) is 20.3 Å². The standard InChI is InChI=1S/C16H14F5N5O/c17-10-7-23-13(9-3-4-12(18)22-6-9)25-14(10)26-5-1-2-11(26)15(27)24-8-16(19,20)21/h3-4,6-7,11H,1-2,5,8H2,(H,24,27)/t11-/m1/s1. The number of hydrogen-bond donors (Lipinski definition) is 1. The maximum absolute atomic E-state index is 14.3. The van der Waals surface area contributed by atoms with E-state index in [1.807, 2.05) is 5.32 Å². The van der Waals surface area contributed by atoms with Crippen molar-refractivity contribution in [2.75, 3.05) is 18.0 Å². The summed E-state index contributed by atoms with van der Waals surface area (Å²) in [7, 11) is 0. The summed E-state index contributed by atoms with van der Waals surface area (Å²) in [5, 5.41) is 1.81. The maximum Gasteiger partial charge on any atom is 0.405 e. The quantitative estimate of drug-likeness (QED) is 0.645. The number of carbonyl (C=O) groups is 1. The summed E-state index contributed by atoms with van der Waals surface area (Å²) in [6, 6.07) is 1.47. The van der Waals surface area contributed by atoms with E-state index < -0.39 is 36.4 Å². The van der Waals surface area contributed by atoms with Gasteiger partial charge in [-0.3, -0.25) is 4.79 Å². The largest absolute Gasteiger partial charge is 0.405 e. The number of nitrogens with zero attached hydrogens (tertiary/aromatic N) is 4. The monoisotopic (exact) mass is 387 g/mol. The molecule has 1 fully saturated rings. The van der Waals surface area contributed by atoms with Crippen molar-refractivity contribution >= 4 is 11.7 Å². The minimum absolute atomic E-state index is 0.0558. The van der Waals surface area contributed by atoms with Crippen LogP contribution in [-0.4, -0.2) is 46.2 Å². The fraction of sp³-hybridized carbons (Fsp3) is 0.375. The minimum Gasteiger partial charge on any atom is -0.345 e. The van der Waals surface area contributed by atoms with Gasteiger partial charge in [0.25, 0.3) is 0 Å². The highest BCUT2D eigenvalue weighted by molar-refractivity contribution is 5.85. The second-order valence-electron chi connectivity index (χ2n) is 5.92. The van der Waals surface area contributed by atoms with Crippen LogP contribution in [0.1, 0.15) is 12.8 Å². The summed E-state index contributed by atoms with van der Waals surface area (Å²) < 4.78 is 64.1. The van der Waals surface area contributed by atoms with Gasteiger partial charge < -0.3 is 10.2 Å². The van der Waals surface area contributed by atoms with Gasteiger partial charge >= 0.3 is 6.18 Å². The van der Waals surface area contributed by atoms with E-state index in [0.29, 0.717) is 12.0 Å². The smallest absolute Gasteiger partial charge is 0.345 e. The lowest BCUT2D eigenvalue weighted by Crippen LogP contribution is -2.46. The van der Waals surface area contributed by atoms with E-state index in [4.69, 9.17) is 0 Å². The summed E-state index contributed by atoms with van der Waals surface area (Å²) in [6.07, 6.45) is -1.72. The van der Waals surface area contributed by atoms with Crippen LogP contribution in [0.2, 0.25) is 0 Å². The summed E-state index contributed by atoms with van der Waals surface area (Å²) >= 11 is 0. The first-order valence-electron chi connectivity index (χ1n) is 8.00. The molecule has 2 aromatic rings. The Morgan fingerprint density at radius 2 is 2.00 bits per heavy atom. The predicted molar refractivity (Wildman–Crippen MR) is 84.6 cm³/mol. The van der Waals surface area contributed by atoms with Gasteiger partial charge in [-0.15, -0.1) is 0 Å².